The van der Waals surface area contributed by atoms with Gasteiger partial charge in [0.25, 0.3) is 0 Å². The van der Waals surface area contributed by atoms with E-state index >= 15 is 0 Å². The van der Waals surface area contributed by atoms with Crippen LogP contribution in [0.4, 0.5) is 0 Å². The van der Waals surface area contributed by atoms with Crippen LogP contribution in [-0.4, -0.2) is 19.4 Å². The van der Waals surface area contributed by atoms with Gasteiger partial charge in [0.2, 0.25) is 0 Å². The maximum absolute atomic E-state index is 10.1. The van der Waals surface area contributed by atoms with Crippen molar-refractivity contribution in [2.24, 2.45) is 0 Å². The van der Waals surface area contributed by atoms with Crippen LogP contribution in [0.3, 0.4) is 0 Å². The van der Waals surface area contributed by atoms with E-state index in [1.54, 1.807) is 14.0 Å². The molecule has 0 aliphatic carbocycles. The summed E-state index contributed by atoms with van der Waals surface area (Å²) < 4.78 is 0. The van der Waals surface area contributed by atoms with Gasteiger partial charge in [-0.1, -0.05) is 0 Å². The number of ketones is 1. The predicted octanol–water partition coefficient (Wildman–Crippen LogP) is -2.03. The Bertz CT molecular complexity index is 65.4. The number of hydrogen-bond donors (Lipinski definition) is 0. The minimum Gasteiger partial charge on any atom is -0.665 e. The van der Waals surface area contributed by atoms with Crippen LogP contribution in [0.5, 0.6) is 0 Å². The molecule has 0 saturated heterocycles. The predicted molar refractivity (Wildman–Crippen MR) is 29.4 cm³/mol. The molecule has 0 saturated carbocycles. The third-order valence-corrected chi connectivity index (χ3v) is 0.687. The van der Waals surface area contributed by atoms with Crippen molar-refractivity contribution in [3.8, 4) is 0 Å². The molecule has 0 aromatic rings. The van der Waals surface area contributed by atoms with Crippen molar-refractivity contribution >= 4 is 5.78 Å². The Morgan fingerprint density at radius 3 is 2.25 bits per heavy atom. The summed E-state index contributed by atoms with van der Waals surface area (Å²) in [5.41, 5.74) is 0. The van der Waals surface area contributed by atoms with Gasteiger partial charge in [0.05, 0.1) is 0 Å². The summed E-state index contributed by atoms with van der Waals surface area (Å²) in [5.74, 6) is 0.214. The molecule has 0 spiro atoms. The molecular weight excluding hydrogens is 176 g/mol. The average Bonchev–Trinajstić information content (AvgIpc) is 1.61. The quantitative estimate of drug-likeness (QED) is 0.499. The summed E-state index contributed by atoms with van der Waals surface area (Å²) in [6.07, 6.45) is 0.594. The number of Topliss-reactive ketones (excluding diaryl/α,β-unsaturated/α-hetero) is 1. The van der Waals surface area contributed by atoms with E-state index in [9.17, 15) is 4.79 Å². The molecule has 0 atom stereocenters. The van der Waals surface area contributed by atoms with Crippen LogP contribution in [0, 0.1) is 0 Å². The fourth-order valence-electron chi connectivity index (χ4n) is 0.269. The van der Waals surface area contributed by atoms with Crippen molar-refractivity contribution < 1.29 is 63.0 Å². The summed E-state index contributed by atoms with van der Waals surface area (Å²) in [5, 5.41) is 3.76. The molecule has 0 bridgehead atoms. The van der Waals surface area contributed by atoms with Gasteiger partial charge in [0.1, 0.15) is 5.78 Å². The standard InChI is InChI=1S/C5H10NO.Rb/c1-5(7)3-4-6-2;/h3-4H2,1-2H3;/q-1;+1. The maximum Gasteiger partial charge on any atom is 1.00 e. The first-order chi connectivity index (χ1) is 3.27. The molecule has 0 radical (unpaired) electrons. The molecule has 3 heteroatoms. The molecule has 0 N–H and O–H groups in total. The van der Waals surface area contributed by atoms with E-state index in [1.165, 1.54) is 0 Å². The van der Waals surface area contributed by atoms with E-state index in [0.29, 0.717) is 13.0 Å². The van der Waals surface area contributed by atoms with E-state index in [-0.39, 0.29) is 64.0 Å². The van der Waals surface area contributed by atoms with E-state index < -0.39 is 0 Å². The topological polar surface area (TPSA) is 31.2 Å². The molecule has 0 unspecified atom stereocenters. The number of hydrogen-bond acceptors (Lipinski definition) is 1. The van der Waals surface area contributed by atoms with E-state index in [0.717, 1.165) is 0 Å². The van der Waals surface area contributed by atoms with Gasteiger partial charge in [0, 0.05) is 0 Å². The fraction of sp³-hybridized carbons (Fsp3) is 0.800. The van der Waals surface area contributed by atoms with E-state index in [4.69, 9.17) is 0 Å². The zero-order valence-corrected chi connectivity index (χ0v) is 10.7. The molecule has 0 aliphatic heterocycles. The number of rotatable bonds is 3. The fourth-order valence-corrected chi connectivity index (χ4v) is 0.269. The number of carbonyl (C=O) groups excluding carboxylic acids is 1. The largest absolute Gasteiger partial charge is 1.00 e. The Hall–Kier alpha value is 1.44. The van der Waals surface area contributed by atoms with Crippen LogP contribution >= 0.6 is 0 Å². The van der Waals surface area contributed by atoms with Gasteiger partial charge in [-0.2, -0.15) is 7.05 Å². The second-order valence-corrected chi connectivity index (χ2v) is 1.49. The van der Waals surface area contributed by atoms with E-state index in [2.05, 4.69) is 5.32 Å². The zero-order chi connectivity index (χ0) is 5.70. The van der Waals surface area contributed by atoms with Gasteiger partial charge in [-0.15, -0.1) is 6.54 Å². The van der Waals surface area contributed by atoms with Crippen molar-refractivity contribution in [1.82, 2.24) is 0 Å². The van der Waals surface area contributed by atoms with Gasteiger partial charge >= 0.3 is 58.2 Å². The third-order valence-electron chi connectivity index (χ3n) is 0.687. The Morgan fingerprint density at radius 1 is 1.62 bits per heavy atom. The van der Waals surface area contributed by atoms with Crippen LogP contribution in [0.25, 0.3) is 5.32 Å². The van der Waals surface area contributed by atoms with Gasteiger partial charge < -0.3 is 10.1 Å². The van der Waals surface area contributed by atoms with Crippen LogP contribution in [0.1, 0.15) is 13.3 Å². The van der Waals surface area contributed by atoms with Crippen molar-refractivity contribution in [3.63, 3.8) is 0 Å². The Kier molecular flexibility index (Phi) is 12.8. The molecule has 0 heterocycles. The van der Waals surface area contributed by atoms with Gasteiger partial charge in [-0.3, -0.25) is 0 Å². The second kappa shape index (κ2) is 8.44. The molecule has 0 amide bonds. The summed E-state index contributed by atoms with van der Waals surface area (Å²) in [6.45, 7) is 2.25. The molecule has 0 aromatic heterocycles. The van der Waals surface area contributed by atoms with Gasteiger partial charge in [0.15, 0.2) is 0 Å². The summed E-state index contributed by atoms with van der Waals surface area (Å²) >= 11 is 0. The number of nitrogens with zero attached hydrogens (tertiary/aromatic N) is 1. The second-order valence-electron chi connectivity index (χ2n) is 1.49. The molecule has 42 valence electrons. The van der Waals surface area contributed by atoms with Crippen molar-refractivity contribution in [2.75, 3.05) is 13.6 Å². The van der Waals surface area contributed by atoms with Crippen LogP contribution in [0.2, 0.25) is 0 Å². The van der Waals surface area contributed by atoms with Crippen LogP contribution < -0.4 is 58.2 Å². The zero-order valence-electron chi connectivity index (χ0n) is 5.77. The molecule has 0 aromatic carbocycles. The molecular formula is C5H10NORb. The smallest absolute Gasteiger partial charge is 0.665 e. The average molecular weight is 186 g/mol. The van der Waals surface area contributed by atoms with Gasteiger partial charge in [-0.25, -0.2) is 0 Å². The molecule has 0 aliphatic rings. The van der Waals surface area contributed by atoms with Crippen molar-refractivity contribution in [2.45, 2.75) is 13.3 Å². The minimum atomic E-state index is 0. The SMILES string of the molecule is C[N-]CCC(C)=O.[Rb+]. The first kappa shape index (κ1) is 12.1. The van der Waals surface area contributed by atoms with Gasteiger partial charge in [-0.05, 0) is 13.3 Å². The van der Waals surface area contributed by atoms with Crippen molar-refractivity contribution in [1.29, 1.82) is 0 Å². The first-order valence-corrected chi connectivity index (χ1v) is 2.32. The summed E-state index contributed by atoms with van der Waals surface area (Å²) in [4.78, 5) is 10.1. The Balaban J connectivity index is 0. The Labute approximate surface area is 99.2 Å². The Morgan fingerprint density at radius 2 is 2.12 bits per heavy atom. The first-order valence-electron chi connectivity index (χ1n) is 2.32. The summed E-state index contributed by atoms with van der Waals surface area (Å²) in [7, 11) is 1.71. The molecule has 0 rings (SSSR count). The third kappa shape index (κ3) is 10.4. The molecule has 2 nitrogen and oxygen atoms in total. The minimum absolute atomic E-state index is 0. The maximum atomic E-state index is 10.1. The normalized spacial score (nSPS) is 7.75. The summed E-state index contributed by atoms with van der Waals surface area (Å²) in [6, 6.07) is 0. The number of carbonyl (C=O) groups is 1. The monoisotopic (exact) mass is 185 g/mol. The van der Waals surface area contributed by atoms with Crippen molar-refractivity contribution in [3.05, 3.63) is 5.32 Å². The van der Waals surface area contributed by atoms with Crippen LogP contribution in [0.15, 0.2) is 0 Å². The van der Waals surface area contributed by atoms with Crippen LogP contribution in [-0.2, 0) is 4.79 Å². The van der Waals surface area contributed by atoms with E-state index in [1.807, 2.05) is 0 Å². The molecule has 8 heavy (non-hydrogen) atoms. The molecule has 0 fully saturated rings.